The minimum atomic E-state index is 0.900. The van der Waals surface area contributed by atoms with Crippen LogP contribution in [0, 0.1) is 0 Å². The SMILES string of the molecule is c1ccc(-c2cccc(N(c3ccc(-c4cc5oc6ccccc6c5c5ccccc45)cc3)c3ccc(-c4cccc5c4oc4ccccc45)cc3)c2)cc1. The van der Waals surface area contributed by atoms with E-state index in [1.807, 2.05) is 24.3 Å². The van der Waals surface area contributed by atoms with Gasteiger partial charge in [-0.05, 0) is 93.2 Å². The van der Waals surface area contributed by atoms with Crippen molar-refractivity contribution in [3.63, 3.8) is 0 Å². The van der Waals surface area contributed by atoms with Crippen molar-refractivity contribution in [3.8, 4) is 33.4 Å². The fraction of sp³-hybridized carbons (Fsp3) is 0. The predicted molar refractivity (Wildman–Crippen MR) is 229 cm³/mol. The quantitative estimate of drug-likeness (QED) is 0.173. The molecule has 0 saturated carbocycles. The maximum Gasteiger partial charge on any atom is 0.143 e. The molecule has 55 heavy (non-hydrogen) atoms. The number of hydrogen-bond acceptors (Lipinski definition) is 3. The first kappa shape index (κ1) is 31.2. The largest absolute Gasteiger partial charge is 0.456 e. The number of benzene rings is 9. The van der Waals surface area contributed by atoms with Crippen LogP contribution in [-0.4, -0.2) is 0 Å². The van der Waals surface area contributed by atoms with Gasteiger partial charge < -0.3 is 13.7 Å². The average Bonchev–Trinajstić information content (AvgIpc) is 3.83. The number of hydrogen-bond donors (Lipinski definition) is 0. The summed E-state index contributed by atoms with van der Waals surface area (Å²) in [5, 5.41) is 6.97. The molecular weight excluding hydrogens is 671 g/mol. The van der Waals surface area contributed by atoms with E-state index in [1.165, 1.54) is 21.9 Å². The molecule has 0 aliphatic rings. The van der Waals surface area contributed by atoms with Gasteiger partial charge in [0.15, 0.2) is 0 Å². The van der Waals surface area contributed by atoms with Gasteiger partial charge in [0, 0.05) is 44.2 Å². The topological polar surface area (TPSA) is 29.5 Å². The summed E-state index contributed by atoms with van der Waals surface area (Å²) in [6, 6.07) is 70.9. The Morgan fingerprint density at radius 2 is 0.855 bits per heavy atom. The third kappa shape index (κ3) is 5.20. The predicted octanol–water partition coefficient (Wildman–Crippen LogP) is 15.1. The Balaban J connectivity index is 1.03. The zero-order valence-corrected chi connectivity index (χ0v) is 29.8. The van der Waals surface area contributed by atoms with Crippen LogP contribution in [0.3, 0.4) is 0 Å². The normalized spacial score (nSPS) is 11.6. The standard InChI is InChI=1S/C52H33NO2/c1-2-12-34(13-3-1)37-14-10-15-40(32-37)53(38-28-24-35(25-29-38)41-20-11-21-45-43-17-6-8-22-48(43)55-52(41)45)39-30-26-36(27-31-39)47-33-50-51(44-18-5-4-16-42(44)47)46-19-7-9-23-49(46)54-50/h1-33H. The van der Waals surface area contributed by atoms with Gasteiger partial charge in [-0.1, -0.05) is 146 Å². The number of fused-ring (bicyclic) bond motifs is 8. The Hall–Kier alpha value is -7.36. The molecule has 3 heteroatoms. The third-order valence-corrected chi connectivity index (χ3v) is 10.9. The number of nitrogens with zero attached hydrogens (tertiary/aromatic N) is 1. The van der Waals surface area contributed by atoms with E-state index < -0.39 is 0 Å². The van der Waals surface area contributed by atoms with E-state index in [1.54, 1.807) is 0 Å². The summed E-state index contributed by atoms with van der Waals surface area (Å²) in [6.07, 6.45) is 0. The van der Waals surface area contributed by atoms with Crippen LogP contribution < -0.4 is 4.90 Å². The van der Waals surface area contributed by atoms with Crippen molar-refractivity contribution < 1.29 is 8.83 Å². The van der Waals surface area contributed by atoms with Gasteiger partial charge in [-0.3, -0.25) is 0 Å². The summed E-state index contributed by atoms with van der Waals surface area (Å²) in [5.41, 5.74) is 13.6. The second-order valence-electron chi connectivity index (χ2n) is 14.1. The van der Waals surface area contributed by atoms with Gasteiger partial charge in [-0.15, -0.1) is 0 Å². The maximum atomic E-state index is 6.41. The van der Waals surface area contributed by atoms with Gasteiger partial charge >= 0.3 is 0 Å². The van der Waals surface area contributed by atoms with E-state index in [0.717, 1.165) is 83.2 Å². The van der Waals surface area contributed by atoms with Crippen LogP contribution in [0.2, 0.25) is 0 Å². The van der Waals surface area contributed by atoms with Gasteiger partial charge in [0.05, 0.1) is 0 Å². The van der Waals surface area contributed by atoms with Crippen LogP contribution in [0.4, 0.5) is 17.1 Å². The zero-order valence-electron chi connectivity index (χ0n) is 29.8. The first-order chi connectivity index (χ1) is 27.3. The van der Waals surface area contributed by atoms with Crippen molar-refractivity contribution in [3.05, 3.63) is 200 Å². The molecule has 9 aromatic carbocycles. The number of rotatable bonds is 6. The van der Waals surface area contributed by atoms with E-state index in [0.29, 0.717) is 0 Å². The lowest BCUT2D eigenvalue weighted by molar-refractivity contribution is 0.669. The number of anilines is 3. The fourth-order valence-corrected chi connectivity index (χ4v) is 8.28. The minimum Gasteiger partial charge on any atom is -0.456 e. The number of para-hydroxylation sites is 3. The van der Waals surface area contributed by atoms with Crippen LogP contribution in [0.15, 0.2) is 209 Å². The summed E-state index contributed by atoms with van der Waals surface area (Å²) in [4.78, 5) is 2.34. The smallest absolute Gasteiger partial charge is 0.143 e. The molecule has 258 valence electrons. The molecule has 3 nitrogen and oxygen atoms in total. The molecule has 0 amide bonds. The molecule has 0 atom stereocenters. The van der Waals surface area contributed by atoms with Crippen molar-refractivity contribution in [2.24, 2.45) is 0 Å². The van der Waals surface area contributed by atoms with Gasteiger partial charge in [0.1, 0.15) is 22.3 Å². The van der Waals surface area contributed by atoms with E-state index >= 15 is 0 Å². The molecule has 2 aromatic heterocycles. The molecule has 0 aliphatic heterocycles. The van der Waals surface area contributed by atoms with Crippen LogP contribution >= 0.6 is 0 Å². The Morgan fingerprint density at radius 3 is 1.60 bits per heavy atom. The number of furan rings is 2. The van der Waals surface area contributed by atoms with Crippen LogP contribution in [0.5, 0.6) is 0 Å². The molecule has 11 rings (SSSR count). The highest BCUT2D eigenvalue weighted by atomic mass is 16.3. The molecule has 0 spiro atoms. The molecular formula is C52H33NO2. The lowest BCUT2D eigenvalue weighted by Crippen LogP contribution is -2.10. The highest BCUT2D eigenvalue weighted by Crippen LogP contribution is 2.43. The minimum absolute atomic E-state index is 0.900. The van der Waals surface area contributed by atoms with Crippen molar-refractivity contribution >= 4 is 71.7 Å². The monoisotopic (exact) mass is 703 g/mol. The first-order valence-corrected chi connectivity index (χ1v) is 18.7. The second kappa shape index (κ2) is 12.6. The van der Waals surface area contributed by atoms with Gasteiger partial charge in [-0.2, -0.15) is 0 Å². The molecule has 0 fully saturated rings. The Bertz CT molecular complexity index is 3190. The third-order valence-electron chi connectivity index (χ3n) is 10.9. The van der Waals surface area contributed by atoms with E-state index in [4.69, 9.17) is 8.83 Å². The van der Waals surface area contributed by atoms with E-state index in [2.05, 4.69) is 181 Å². The summed E-state index contributed by atoms with van der Waals surface area (Å²) in [5.74, 6) is 0. The zero-order chi connectivity index (χ0) is 36.3. The summed E-state index contributed by atoms with van der Waals surface area (Å²) < 4.78 is 12.8. The molecule has 0 unspecified atom stereocenters. The highest BCUT2D eigenvalue weighted by molar-refractivity contribution is 6.22. The molecule has 0 bridgehead atoms. The van der Waals surface area contributed by atoms with E-state index in [9.17, 15) is 0 Å². The summed E-state index contributed by atoms with van der Waals surface area (Å²) >= 11 is 0. The van der Waals surface area contributed by atoms with Crippen molar-refractivity contribution in [1.82, 2.24) is 0 Å². The van der Waals surface area contributed by atoms with Crippen LogP contribution in [0.25, 0.3) is 88.0 Å². The molecule has 0 aliphatic carbocycles. The molecule has 0 N–H and O–H groups in total. The lowest BCUT2D eigenvalue weighted by Gasteiger charge is -2.26. The summed E-state index contributed by atoms with van der Waals surface area (Å²) in [6.45, 7) is 0. The van der Waals surface area contributed by atoms with Gasteiger partial charge in [0.2, 0.25) is 0 Å². The molecule has 2 heterocycles. The molecule has 0 saturated heterocycles. The van der Waals surface area contributed by atoms with Gasteiger partial charge in [-0.25, -0.2) is 0 Å². The summed E-state index contributed by atoms with van der Waals surface area (Å²) in [7, 11) is 0. The Morgan fingerprint density at radius 1 is 0.291 bits per heavy atom. The Labute approximate surface area is 317 Å². The highest BCUT2D eigenvalue weighted by Gasteiger charge is 2.18. The average molecular weight is 704 g/mol. The second-order valence-corrected chi connectivity index (χ2v) is 14.1. The van der Waals surface area contributed by atoms with Crippen molar-refractivity contribution in [1.29, 1.82) is 0 Å². The van der Waals surface area contributed by atoms with Gasteiger partial charge in [0.25, 0.3) is 0 Å². The van der Waals surface area contributed by atoms with Crippen LogP contribution in [-0.2, 0) is 0 Å². The fourth-order valence-electron chi connectivity index (χ4n) is 8.28. The van der Waals surface area contributed by atoms with Crippen molar-refractivity contribution in [2.75, 3.05) is 4.90 Å². The first-order valence-electron chi connectivity index (χ1n) is 18.7. The lowest BCUT2D eigenvalue weighted by atomic mass is 9.94. The molecule has 11 aromatic rings. The van der Waals surface area contributed by atoms with E-state index in [-0.39, 0.29) is 0 Å². The molecule has 0 radical (unpaired) electrons. The maximum absolute atomic E-state index is 6.41. The Kier molecular flexibility index (Phi) is 7.17. The van der Waals surface area contributed by atoms with Crippen molar-refractivity contribution in [2.45, 2.75) is 0 Å². The van der Waals surface area contributed by atoms with Crippen LogP contribution in [0.1, 0.15) is 0 Å².